The van der Waals surface area contributed by atoms with Gasteiger partial charge in [0, 0.05) is 102 Å². The Balaban J connectivity index is -0.000000134. The van der Waals surface area contributed by atoms with E-state index < -0.39 is 6.10 Å². The molecule has 0 aromatic rings. The maximum Gasteiger partial charge on any atom is 0.141 e. The Bertz CT molecular complexity index is 856. The van der Waals surface area contributed by atoms with Crippen LogP contribution in [0.3, 0.4) is 0 Å². The maximum atomic E-state index is 9.57. The normalized spacial score (nSPS) is 17.7. The van der Waals surface area contributed by atoms with Crippen LogP contribution in [0.15, 0.2) is 12.2 Å². The Morgan fingerprint density at radius 3 is 1.52 bits per heavy atom. The van der Waals surface area contributed by atoms with Crippen LogP contribution in [-0.2, 0) is 65.9 Å². The van der Waals surface area contributed by atoms with E-state index in [4.69, 9.17) is 66.6 Å². The fraction of sp³-hybridized carbons (Fsp3) is 0.757. The first-order valence-electron chi connectivity index (χ1n) is 15.6. The Hall–Kier alpha value is -0.706. The Morgan fingerprint density at radius 1 is 0.780 bits per heavy atom. The minimum atomic E-state index is -0.684. The van der Waals surface area contributed by atoms with Gasteiger partial charge in [-0.15, -0.1) is 19.3 Å². The quantitative estimate of drug-likeness (QED) is 0.0434. The molecule has 3 unspecified atom stereocenters. The zero-order valence-corrected chi connectivity index (χ0v) is 36.5. The van der Waals surface area contributed by atoms with E-state index in [1.165, 1.54) is 25.8 Å². The molecule has 295 valence electrons. The van der Waals surface area contributed by atoms with E-state index in [-0.39, 0.29) is 74.8 Å². The van der Waals surface area contributed by atoms with Gasteiger partial charge in [0.05, 0.1) is 44.7 Å². The fourth-order valence-corrected chi connectivity index (χ4v) is 3.92. The molecule has 1 N–H and O–H groups in total. The molecule has 1 heterocycles. The summed E-state index contributed by atoms with van der Waals surface area (Å²) in [4.78, 5) is 0. The summed E-state index contributed by atoms with van der Waals surface area (Å²) in [6, 6.07) is 0. The van der Waals surface area contributed by atoms with Crippen molar-refractivity contribution in [2.45, 2.75) is 88.4 Å². The fourth-order valence-electron chi connectivity index (χ4n) is 3.92. The first-order chi connectivity index (χ1) is 23.0. The number of epoxide rings is 1. The zero-order valence-electron chi connectivity index (χ0n) is 33.0. The second-order valence-electron chi connectivity index (χ2n) is 9.77. The van der Waals surface area contributed by atoms with Gasteiger partial charge in [-0.1, -0.05) is 67.7 Å². The number of rotatable bonds is 21. The van der Waals surface area contributed by atoms with Gasteiger partial charge >= 0.3 is 0 Å². The first kappa shape index (κ1) is 61.3. The SMILES string of the molecule is C#CC(C[C@H](OC)C(=C)COC)OC.C#CC(C[C@H](OC)[C@H](O)COC)OC.C#CC(C[C@H](OC)[C@]1(COC)CO1)OC.CC.CCI.[CH3-].[V]. The van der Waals surface area contributed by atoms with E-state index in [1.807, 2.05) is 13.8 Å². The van der Waals surface area contributed by atoms with Crippen molar-refractivity contribution in [2.75, 3.05) is 94.8 Å². The Kier molecular flexibility index (Phi) is 52.4. The molecule has 0 saturated carbocycles. The summed E-state index contributed by atoms with van der Waals surface area (Å²) >= 11 is 2.29. The van der Waals surface area contributed by atoms with Crippen LogP contribution in [0.25, 0.3) is 0 Å². The summed E-state index contributed by atoms with van der Waals surface area (Å²) in [6.45, 7) is 11.8. The van der Waals surface area contributed by atoms with Gasteiger partial charge in [0.2, 0.25) is 0 Å². The number of hydrogen-bond donors (Lipinski definition) is 1. The molecule has 1 radical (unpaired) electrons. The second-order valence-corrected chi connectivity index (χ2v) is 11.3. The van der Waals surface area contributed by atoms with Gasteiger partial charge in [0.25, 0.3) is 0 Å². The largest absolute Gasteiger partial charge is 0.388 e. The molecule has 8 atom stereocenters. The van der Waals surface area contributed by atoms with Crippen molar-refractivity contribution in [3.05, 3.63) is 19.6 Å². The number of methoxy groups -OCH3 is 9. The number of aliphatic hydroxyl groups is 1. The van der Waals surface area contributed by atoms with Crippen LogP contribution in [0, 0.1) is 44.5 Å². The van der Waals surface area contributed by atoms with Crippen molar-refractivity contribution in [1.29, 1.82) is 0 Å². The zero-order chi connectivity index (χ0) is 38.0. The van der Waals surface area contributed by atoms with Gasteiger partial charge < -0.3 is 59.9 Å². The van der Waals surface area contributed by atoms with Crippen LogP contribution in [0.2, 0.25) is 0 Å². The average Bonchev–Trinajstić information content (AvgIpc) is 3.89. The van der Waals surface area contributed by atoms with Gasteiger partial charge in [0.1, 0.15) is 30.0 Å². The van der Waals surface area contributed by atoms with E-state index in [9.17, 15) is 5.11 Å². The predicted octanol–water partition coefficient (Wildman–Crippen LogP) is 4.66. The number of aliphatic hydroxyl groups excluding tert-OH is 1. The van der Waals surface area contributed by atoms with Gasteiger partial charge in [-0.25, -0.2) is 0 Å². The summed E-state index contributed by atoms with van der Waals surface area (Å²) in [5, 5.41) is 9.57. The molecule has 0 amide bonds. The molecule has 1 aliphatic heterocycles. The Labute approximate surface area is 331 Å². The van der Waals surface area contributed by atoms with Crippen LogP contribution in [0.5, 0.6) is 0 Å². The molecule has 13 heteroatoms. The molecule has 1 saturated heterocycles. The van der Waals surface area contributed by atoms with Crippen LogP contribution in [-0.4, -0.2) is 148 Å². The van der Waals surface area contributed by atoms with Crippen LogP contribution < -0.4 is 0 Å². The van der Waals surface area contributed by atoms with Crippen LogP contribution in [0.4, 0.5) is 0 Å². The second kappa shape index (κ2) is 42.7. The third kappa shape index (κ3) is 29.8. The van der Waals surface area contributed by atoms with Gasteiger partial charge in [-0.05, 0) is 10.0 Å². The van der Waals surface area contributed by atoms with Gasteiger partial charge in [-0.3, -0.25) is 0 Å². The Morgan fingerprint density at radius 2 is 1.22 bits per heavy atom. The van der Waals surface area contributed by atoms with Crippen molar-refractivity contribution in [2.24, 2.45) is 0 Å². The molecular formula is C37H68IO11V-. The van der Waals surface area contributed by atoms with E-state index in [1.54, 1.807) is 42.7 Å². The molecule has 0 aromatic carbocycles. The standard InChI is InChI=1S/C11H18O4.C11H18O3.C10H18O4.C2H5I.C2H6.CH3.V/c1-5-9(13-3)6-10(14-4)11(7-12-2)8-15-11;1-6-10(13-4)7-11(14-5)9(2)8-12-3;1-5-8(13-3)6-10(14-4)9(11)7-12-2;1-2-3;1-2;;/h1,9-10H,6-8H2,2-4H3;1,10-11H,2,7-8H2,3-5H3;1,8-11H,6-7H2,2-4H3;2H2,1H3;1-2H3;1H3;/q;;;;;-1;/t9?,10-,11-;10?,11-;8?,9-,10+;;;;/m001..../s1. The van der Waals surface area contributed by atoms with Crippen LogP contribution in [0.1, 0.15) is 40.0 Å². The minimum absolute atomic E-state index is 0. The summed E-state index contributed by atoms with van der Waals surface area (Å²) in [5.41, 5.74) is 0.546. The maximum absolute atomic E-state index is 9.57. The van der Waals surface area contributed by atoms with Crippen molar-refractivity contribution in [3.8, 4) is 37.0 Å². The molecule has 0 spiro atoms. The molecule has 1 aliphatic rings. The average molecular weight is 867 g/mol. The molecule has 50 heavy (non-hydrogen) atoms. The molecular weight excluding hydrogens is 798 g/mol. The number of hydrogen-bond acceptors (Lipinski definition) is 11. The van der Waals surface area contributed by atoms with Crippen molar-refractivity contribution < 1.29 is 71.0 Å². The topological polar surface area (TPSA) is 116 Å². The summed E-state index contributed by atoms with van der Waals surface area (Å²) in [6.07, 6.45) is 15.4. The third-order valence-electron chi connectivity index (χ3n) is 6.63. The van der Waals surface area contributed by atoms with Crippen molar-refractivity contribution >= 4 is 22.6 Å². The van der Waals surface area contributed by atoms with E-state index in [2.05, 4.69) is 53.9 Å². The van der Waals surface area contributed by atoms with Crippen molar-refractivity contribution in [3.63, 3.8) is 0 Å². The number of terminal acetylenes is 3. The summed E-state index contributed by atoms with van der Waals surface area (Å²) in [7, 11) is 14.3. The van der Waals surface area contributed by atoms with Gasteiger partial charge in [-0.2, -0.15) is 0 Å². The third-order valence-corrected chi connectivity index (χ3v) is 6.63. The predicted molar refractivity (Wildman–Crippen MR) is 207 cm³/mol. The minimum Gasteiger partial charge on any atom is -0.388 e. The number of alkyl halides is 1. The summed E-state index contributed by atoms with van der Waals surface area (Å²) in [5.74, 6) is 7.55. The molecule has 0 bridgehead atoms. The van der Waals surface area contributed by atoms with E-state index >= 15 is 0 Å². The summed E-state index contributed by atoms with van der Waals surface area (Å²) < 4.78 is 52.4. The monoisotopic (exact) mass is 866 g/mol. The van der Waals surface area contributed by atoms with Gasteiger partial charge in [0.15, 0.2) is 0 Å². The molecule has 0 aliphatic carbocycles. The molecule has 11 nitrogen and oxygen atoms in total. The molecule has 1 rings (SSSR count). The van der Waals surface area contributed by atoms with Crippen LogP contribution >= 0.6 is 22.6 Å². The first-order valence-corrected chi connectivity index (χ1v) is 17.1. The number of ether oxygens (including phenoxy) is 10. The molecule has 1 fully saturated rings. The van der Waals surface area contributed by atoms with E-state index in [0.29, 0.717) is 39.1 Å². The number of halogens is 1. The smallest absolute Gasteiger partial charge is 0.141 e. The van der Waals surface area contributed by atoms with Crippen molar-refractivity contribution in [1.82, 2.24) is 0 Å². The molecule has 0 aromatic heterocycles. The van der Waals surface area contributed by atoms with E-state index in [0.717, 1.165) is 5.57 Å².